The van der Waals surface area contributed by atoms with Gasteiger partial charge in [0.05, 0.1) is 5.56 Å². The standard InChI is InChI=1S/C16H24BrN3O/c1-12(2)5-6-19-7-9-20(10-8-19)16(21)14-4-3-13(17)11-15(14)18/h3-4,11-12H,5-10,18H2,1-2H3. The number of nitrogens with zero attached hydrogens (tertiary/aromatic N) is 2. The third-order valence-corrected chi connectivity index (χ3v) is 4.42. The molecule has 116 valence electrons. The summed E-state index contributed by atoms with van der Waals surface area (Å²) in [4.78, 5) is 16.9. The molecule has 1 saturated heterocycles. The minimum absolute atomic E-state index is 0.0449. The number of carbonyl (C=O) groups is 1. The predicted octanol–water partition coefficient (Wildman–Crippen LogP) is 2.84. The Hall–Kier alpha value is -1.07. The number of amides is 1. The summed E-state index contributed by atoms with van der Waals surface area (Å²) >= 11 is 3.37. The molecule has 0 saturated carbocycles. The number of nitrogens with two attached hydrogens (primary N) is 1. The van der Waals surface area contributed by atoms with Gasteiger partial charge in [0.2, 0.25) is 0 Å². The number of carbonyl (C=O) groups excluding carboxylic acids is 1. The molecule has 0 aromatic heterocycles. The van der Waals surface area contributed by atoms with E-state index in [-0.39, 0.29) is 5.91 Å². The van der Waals surface area contributed by atoms with Crippen LogP contribution in [-0.4, -0.2) is 48.4 Å². The van der Waals surface area contributed by atoms with Crippen LogP contribution in [0.1, 0.15) is 30.6 Å². The van der Waals surface area contributed by atoms with E-state index < -0.39 is 0 Å². The van der Waals surface area contributed by atoms with Crippen LogP contribution < -0.4 is 5.73 Å². The summed E-state index contributed by atoms with van der Waals surface area (Å²) in [6, 6.07) is 5.45. The van der Waals surface area contributed by atoms with Gasteiger partial charge in [-0.15, -0.1) is 0 Å². The highest BCUT2D eigenvalue weighted by atomic mass is 79.9. The Labute approximate surface area is 135 Å². The second kappa shape index (κ2) is 7.27. The second-order valence-corrected chi connectivity index (χ2v) is 6.96. The molecule has 0 radical (unpaired) electrons. The van der Waals surface area contributed by atoms with E-state index in [2.05, 4.69) is 34.7 Å². The van der Waals surface area contributed by atoms with Crippen LogP contribution in [0.15, 0.2) is 22.7 Å². The van der Waals surface area contributed by atoms with Gasteiger partial charge < -0.3 is 10.6 Å². The Bertz CT molecular complexity index is 496. The molecule has 1 aliphatic rings. The number of halogens is 1. The Morgan fingerprint density at radius 2 is 1.95 bits per heavy atom. The number of hydrogen-bond acceptors (Lipinski definition) is 3. The monoisotopic (exact) mass is 353 g/mol. The summed E-state index contributed by atoms with van der Waals surface area (Å²) in [6.07, 6.45) is 1.22. The van der Waals surface area contributed by atoms with Crippen molar-refractivity contribution in [2.24, 2.45) is 5.92 Å². The van der Waals surface area contributed by atoms with Crippen LogP contribution >= 0.6 is 15.9 Å². The molecule has 4 nitrogen and oxygen atoms in total. The minimum atomic E-state index is 0.0449. The molecule has 1 heterocycles. The molecule has 21 heavy (non-hydrogen) atoms. The molecule has 0 spiro atoms. The van der Waals surface area contributed by atoms with Crippen molar-refractivity contribution in [3.8, 4) is 0 Å². The zero-order valence-electron chi connectivity index (χ0n) is 12.8. The highest BCUT2D eigenvalue weighted by molar-refractivity contribution is 9.10. The van der Waals surface area contributed by atoms with Crippen LogP contribution in [0.4, 0.5) is 5.69 Å². The molecular formula is C16H24BrN3O. The molecule has 0 bridgehead atoms. The van der Waals surface area contributed by atoms with Gasteiger partial charge in [0.1, 0.15) is 0 Å². The lowest BCUT2D eigenvalue weighted by atomic mass is 10.1. The van der Waals surface area contributed by atoms with E-state index in [4.69, 9.17) is 5.73 Å². The van der Waals surface area contributed by atoms with Gasteiger partial charge in [0.25, 0.3) is 5.91 Å². The largest absolute Gasteiger partial charge is 0.398 e. The van der Waals surface area contributed by atoms with Crippen molar-refractivity contribution in [1.82, 2.24) is 9.80 Å². The third kappa shape index (κ3) is 4.45. The van der Waals surface area contributed by atoms with Crippen LogP contribution in [-0.2, 0) is 0 Å². The Balaban J connectivity index is 1.91. The van der Waals surface area contributed by atoms with Gasteiger partial charge in [-0.3, -0.25) is 9.69 Å². The number of nitrogen functional groups attached to an aromatic ring is 1. The highest BCUT2D eigenvalue weighted by Gasteiger charge is 2.23. The Morgan fingerprint density at radius 1 is 1.29 bits per heavy atom. The first-order valence-corrected chi connectivity index (χ1v) is 8.33. The first kappa shape index (κ1) is 16.3. The molecule has 1 aromatic carbocycles. The van der Waals surface area contributed by atoms with Crippen LogP contribution in [0.5, 0.6) is 0 Å². The molecule has 1 amide bonds. The van der Waals surface area contributed by atoms with Gasteiger partial charge in [-0.2, -0.15) is 0 Å². The summed E-state index contributed by atoms with van der Waals surface area (Å²) in [5.74, 6) is 0.774. The molecule has 0 atom stereocenters. The zero-order chi connectivity index (χ0) is 15.4. The third-order valence-electron chi connectivity index (χ3n) is 3.93. The zero-order valence-corrected chi connectivity index (χ0v) is 14.4. The molecular weight excluding hydrogens is 330 g/mol. The van der Waals surface area contributed by atoms with Crippen LogP contribution in [0.2, 0.25) is 0 Å². The highest BCUT2D eigenvalue weighted by Crippen LogP contribution is 2.20. The van der Waals surface area contributed by atoms with Crippen molar-refractivity contribution >= 4 is 27.5 Å². The maximum absolute atomic E-state index is 12.5. The van der Waals surface area contributed by atoms with Gasteiger partial charge in [-0.05, 0) is 37.1 Å². The predicted molar refractivity (Wildman–Crippen MR) is 90.4 cm³/mol. The molecule has 1 fully saturated rings. The number of rotatable bonds is 4. The SMILES string of the molecule is CC(C)CCN1CCN(C(=O)c2ccc(Br)cc2N)CC1. The Kier molecular flexibility index (Phi) is 5.65. The molecule has 2 N–H and O–H groups in total. The topological polar surface area (TPSA) is 49.6 Å². The number of piperazine rings is 1. The molecule has 5 heteroatoms. The lowest BCUT2D eigenvalue weighted by Crippen LogP contribution is -2.49. The summed E-state index contributed by atoms with van der Waals surface area (Å²) in [7, 11) is 0. The van der Waals surface area contributed by atoms with Crippen molar-refractivity contribution in [2.75, 3.05) is 38.5 Å². The molecule has 0 aliphatic carbocycles. The molecule has 2 rings (SSSR count). The first-order chi connectivity index (χ1) is 9.97. The van der Waals surface area contributed by atoms with E-state index in [1.807, 2.05) is 11.0 Å². The molecule has 1 aliphatic heterocycles. The minimum Gasteiger partial charge on any atom is -0.398 e. The van der Waals surface area contributed by atoms with E-state index in [0.717, 1.165) is 43.1 Å². The van der Waals surface area contributed by atoms with Crippen molar-refractivity contribution in [2.45, 2.75) is 20.3 Å². The van der Waals surface area contributed by atoms with E-state index in [9.17, 15) is 4.79 Å². The van der Waals surface area contributed by atoms with Crippen molar-refractivity contribution in [3.05, 3.63) is 28.2 Å². The molecule has 0 unspecified atom stereocenters. The Morgan fingerprint density at radius 3 is 2.52 bits per heavy atom. The summed E-state index contributed by atoms with van der Waals surface area (Å²) < 4.78 is 0.898. The average molecular weight is 354 g/mol. The maximum atomic E-state index is 12.5. The smallest absolute Gasteiger partial charge is 0.256 e. The number of hydrogen-bond donors (Lipinski definition) is 1. The fourth-order valence-electron chi connectivity index (χ4n) is 2.51. The number of benzene rings is 1. The van der Waals surface area contributed by atoms with Crippen molar-refractivity contribution in [3.63, 3.8) is 0 Å². The van der Waals surface area contributed by atoms with E-state index in [1.165, 1.54) is 6.42 Å². The van der Waals surface area contributed by atoms with E-state index >= 15 is 0 Å². The van der Waals surface area contributed by atoms with E-state index in [1.54, 1.807) is 12.1 Å². The lowest BCUT2D eigenvalue weighted by Gasteiger charge is -2.35. The van der Waals surface area contributed by atoms with Crippen LogP contribution in [0.25, 0.3) is 0 Å². The summed E-state index contributed by atoms with van der Waals surface area (Å²) in [5, 5.41) is 0. The summed E-state index contributed by atoms with van der Waals surface area (Å²) in [6.45, 7) is 9.09. The fourth-order valence-corrected chi connectivity index (χ4v) is 2.89. The average Bonchev–Trinajstić information content (AvgIpc) is 2.45. The van der Waals surface area contributed by atoms with Gasteiger partial charge >= 0.3 is 0 Å². The second-order valence-electron chi connectivity index (χ2n) is 6.05. The van der Waals surface area contributed by atoms with Gasteiger partial charge in [0, 0.05) is 36.3 Å². The number of anilines is 1. The van der Waals surface area contributed by atoms with Crippen LogP contribution in [0, 0.1) is 5.92 Å². The summed E-state index contributed by atoms with van der Waals surface area (Å²) in [5.41, 5.74) is 7.09. The quantitative estimate of drug-likeness (QED) is 0.846. The van der Waals surface area contributed by atoms with E-state index in [0.29, 0.717) is 11.3 Å². The van der Waals surface area contributed by atoms with Crippen molar-refractivity contribution in [1.29, 1.82) is 0 Å². The normalized spacial score (nSPS) is 16.5. The van der Waals surface area contributed by atoms with Crippen molar-refractivity contribution < 1.29 is 4.79 Å². The van der Waals surface area contributed by atoms with Crippen LogP contribution in [0.3, 0.4) is 0 Å². The first-order valence-electron chi connectivity index (χ1n) is 7.54. The van der Waals surface area contributed by atoms with Gasteiger partial charge in [-0.25, -0.2) is 0 Å². The lowest BCUT2D eigenvalue weighted by molar-refractivity contribution is 0.0633. The van der Waals surface area contributed by atoms with Gasteiger partial charge in [0.15, 0.2) is 0 Å². The van der Waals surface area contributed by atoms with Gasteiger partial charge in [-0.1, -0.05) is 29.8 Å². The molecule has 1 aromatic rings. The maximum Gasteiger partial charge on any atom is 0.256 e. The fraction of sp³-hybridized carbons (Fsp3) is 0.562.